The van der Waals surface area contributed by atoms with Crippen LogP contribution in [0, 0.1) is 0 Å². The fraction of sp³-hybridized carbons (Fsp3) is 0.421. The molecule has 1 saturated heterocycles. The monoisotopic (exact) mass is 408 g/mol. The molecule has 1 aliphatic heterocycles. The molecule has 0 saturated carbocycles. The van der Waals surface area contributed by atoms with E-state index in [0.717, 1.165) is 0 Å². The Balaban J connectivity index is 1.54. The molecule has 0 spiro atoms. The average molecular weight is 409 g/mol. The van der Waals surface area contributed by atoms with Crippen LogP contribution in [0.4, 0.5) is 0 Å². The van der Waals surface area contributed by atoms with Crippen LogP contribution in [-0.4, -0.2) is 44.5 Å². The Morgan fingerprint density at radius 1 is 1.22 bits per heavy atom. The summed E-state index contributed by atoms with van der Waals surface area (Å²) in [6.45, 7) is 2.96. The molecule has 1 aromatic carbocycles. The Bertz CT molecular complexity index is 830. The van der Waals surface area contributed by atoms with Crippen molar-refractivity contribution in [1.82, 2.24) is 9.62 Å². The Morgan fingerprint density at radius 3 is 2.52 bits per heavy atom. The van der Waals surface area contributed by atoms with Gasteiger partial charge in [0, 0.05) is 19.1 Å². The van der Waals surface area contributed by atoms with Gasteiger partial charge in [-0.1, -0.05) is 31.2 Å². The summed E-state index contributed by atoms with van der Waals surface area (Å²) in [6.07, 6.45) is 1.25. The summed E-state index contributed by atoms with van der Waals surface area (Å²) in [4.78, 5) is 14.5. The quantitative estimate of drug-likeness (QED) is 0.764. The number of piperidine rings is 1. The van der Waals surface area contributed by atoms with Crippen LogP contribution in [0.15, 0.2) is 52.1 Å². The Labute approximate surface area is 164 Å². The highest BCUT2D eigenvalue weighted by atomic mass is 32.2. The van der Waals surface area contributed by atoms with E-state index < -0.39 is 16.1 Å². The zero-order valence-corrected chi connectivity index (χ0v) is 16.8. The molecule has 0 aliphatic carbocycles. The van der Waals surface area contributed by atoms with E-state index in [1.54, 1.807) is 22.4 Å². The number of nitrogens with zero attached hydrogens (tertiary/aromatic N) is 1. The second-order valence-corrected chi connectivity index (χ2v) is 9.37. The third kappa shape index (κ3) is 5.09. The molecule has 2 aromatic rings. The molecule has 27 heavy (non-hydrogen) atoms. The maximum Gasteiger partial charge on any atom is 0.263 e. The topological polar surface area (TPSA) is 75.7 Å². The number of nitrogens with one attached hydrogen (secondary N) is 1. The van der Waals surface area contributed by atoms with Crippen LogP contribution in [-0.2, 0) is 14.8 Å². The SMILES string of the molecule is CC[C@@H](Oc1ccccc1)C(=O)N1CCC(NS(=O)(=O)c2cccs2)CC1. The van der Waals surface area contributed by atoms with Crippen LogP contribution in [0.25, 0.3) is 0 Å². The van der Waals surface area contributed by atoms with E-state index in [1.807, 2.05) is 37.3 Å². The number of hydrogen-bond acceptors (Lipinski definition) is 5. The number of hydrogen-bond donors (Lipinski definition) is 1. The molecule has 1 atom stereocenters. The standard InChI is InChI=1S/C19H24N2O4S2/c1-2-17(25-16-7-4-3-5-8-16)19(22)21-12-10-15(11-13-21)20-27(23,24)18-9-6-14-26-18/h3-9,14-15,17,20H,2,10-13H2,1H3/t17-/m1/s1. The maximum atomic E-state index is 12.8. The van der Waals surface area contributed by atoms with Gasteiger partial charge in [-0.2, -0.15) is 0 Å². The molecule has 1 N–H and O–H groups in total. The van der Waals surface area contributed by atoms with E-state index in [1.165, 1.54) is 11.3 Å². The van der Waals surface area contributed by atoms with Crippen LogP contribution in [0.3, 0.4) is 0 Å². The minimum Gasteiger partial charge on any atom is -0.481 e. The fourth-order valence-corrected chi connectivity index (χ4v) is 5.40. The highest BCUT2D eigenvalue weighted by Crippen LogP contribution is 2.20. The molecule has 8 heteroatoms. The molecule has 146 valence electrons. The van der Waals surface area contributed by atoms with Gasteiger partial charge >= 0.3 is 0 Å². The first kappa shape index (κ1) is 19.9. The van der Waals surface area contributed by atoms with Crippen molar-refractivity contribution < 1.29 is 17.9 Å². The van der Waals surface area contributed by atoms with Crippen molar-refractivity contribution >= 4 is 27.3 Å². The van der Waals surface area contributed by atoms with Crippen molar-refractivity contribution in [2.75, 3.05) is 13.1 Å². The largest absolute Gasteiger partial charge is 0.481 e. The van der Waals surface area contributed by atoms with Gasteiger partial charge in [-0.15, -0.1) is 11.3 Å². The molecule has 1 amide bonds. The number of benzene rings is 1. The molecule has 1 aliphatic rings. The summed E-state index contributed by atoms with van der Waals surface area (Å²) in [5, 5.41) is 1.74. The number of amides is 1. The third-order valence-corrected chi connectivity index (χ3v) is 7.47. The number of thiophene rings is 1. The summed E-state index contributed by atoms with van der Waals surface area (Å²) in [7, 11) is -3.48. The summed E-state index contributed by atoms with van der Waals surface area (Å²) in [5.74, 6) is 0.636. The summed E-state index contributed by atoms with van der Waals surface area (Å²) in [6, 6.07) is 12.5. The molecular weight excluding hydrogens is 384 g/mol. The zero-order valence-electron chi connectivity index (χ0n) is 15.2. The van der Waals surface area contributed by atoms with Gasteiger partial charge in [0.1, 0.15) is 9.96 Å². The number of likely N-dealkylation sites (tertiary alicyclic amines) is 1. The predicted octanol–water partition coefficient (Wildman–Crippen LogP) is 2.88. The average Bonchev–Trinajstić information content (AvgIpc) is 3.23. The van der Waals surface area contributed by atoms with Crippen molar-refractivity contribution in [1.29, 1.82) is 0 Å². The predicted molar refractivity (Wildman–Crippen MR) is 105 cm³/mol. The van der Waals surface area contributed by atoms with E-state index in [0.29, 0.717) is 42.3 Å². The van der Waals surface area contributed by atoms with Crippen molar-refractivity contribution in [3.8, 4) is 5.75 Å². The smallest absolute Gasteiger partial charge is 0.263 e. The molecule has 1 aromatic heterocycles. The lowest BCUT2D eigenvalue weighted by Crippen LogP contribution is -2.50. The lowest BCUT2D eigenvalue weighted by molar-refractivity contribution is -0.140. The highest BCUT2D eigenvalue weighted by Gasteiger charge is 2.30. The molecule has 2 heterocycles. The normalized spacial score (nSPS) is 16.9. The van der Waals surface area contributed by atoms with Gasteiger partial charge in [0.05, 0.1) is 0 Å². The van der Waals surface area contributed by atoms with Crippen molar-refractivity contribution in [2.24, 2.45) is 0 Å². The highest BCUT2D eigenvalue weighted by molar-refractivity contribution is 7.91. The number of carbonyl (C=O) groups excluding carboxylic acids is 1. The van der Waals surface area contributed by atoms with Gasteiger partial charge < -0.3 is 9.64 Å². The van der Waals surface area contributed by atoms with Crippen LogP contribution in [0.1, 0.15) is 26.2 Å². The van der Waals surface area contributed by atoms with Crippen LogP contribution < -0.4 is 9.46 Å². The minimum absolute atomic E-state index is 0.0408. The van der Waals surface area contributed by atoms with Gasteiger partial charge in [-0.05, 0) is 42.8 Å². The Morgan fingerprint density at radius 2 is 1.93 bits per heavy atom. The van der Waals surface area contributed by atoms with E-state index in [9.17, 15) is 13.2 Å². The van der Waals surface area contributed by atoms with Gasteiger partial charge in [0.15, 0.2) is 6.10 Å². The lowest BCUT2D eigenvalue weighted by atomic mass is 10.1. The van der Waals surface area contributed by atoms with E-state index >= 15 is 0 Å². The van der Waals surface area contributed by atoms with E-state index in [2.05, 4.69) is 4.72 Å². The van der Waals surface area contributed by atoms with Gasteiger partial charge in [-0.25, -0.2) is 13.1 Å². The second-order valence-electron chi connectivity index (χ2n) is 6.48. The van der Waals surface area contributed by atoms with Crippen LogP contribution in [0.5, 0.6) is 5.75 Å². The summed E-state index contributed by atoms with van der Waals surface area (Å²) < 4.78 is 33.6. The van der Waals surface area contributed by atoms with E-state index in [-0.39, 0.29) is 11.9 Å². The lowest BCUT2D eigenvalue weighted by Gasteiger charge is -2.34. The number of carbonyl (C=O) groups is 1. The fourth-order valence-electron chi connectivity index (χ4n) is 3.09. The number of rotatable bonds is 7. The second kappa shape index (κ2) is 8.86. The Kier molecular flexibility index (Phi) is 6.51. The first-order valence-corrected chi connectivity index (χ1v) is 11.4. The van der Waals surface area contributed by atoms with Gasteiger partial charge in [0.25, 0.3) is 5.91 Å². The number of para-hydroxylation sites is 1. The maximum absolute atomic E-state index is 12.8. The number of sulfonamides is 1. The molecule has 1 fully saturated rings. The Hall–Kier alpha value is -1.90. The van der Waals surface area contributed by atoms with Crippen LogP contribution >= 0.6 is 11.3 Å². The molecule has 0 unspecified atom stereocenters. The van der Waals surface area contributed by atoms with E-state index in [4.69, 9.17) is 4.74 Å². The molecule has 0 bridgehead atoms. The first-order valence-electron chi connectivity index (χ1n) is 9.06. The third-order valence-electron chi connectivity index (χ3n) is 4.56. The zero-order chi connectivity index (χ0) is 19.3. The van der Waals surface area contributed by atoms with Crippen molar-refractivity contribution in [3.05, 3.63) is 47.8 Å². The van der Waals surface area contributed by atoms with Gasteiger partial charge in [-0.3, -0.25) is 4.79 Å². The molecule has 0 radical (unpaired) electrons. The number of ether oxygens (including phenoxy) is 1. The van der Waals surface area contributed by atoms with Gasteiger partial charge in [0.2, 0.25) is 10.0 Å². The van der Waals surface area contributed by atoms with Crippen molar-refractivity contribution in [3.63, 3.8) is 0 Å². The summed E-state index contributed by atoms with van der Waals surface area (Å²) in [5.41, 5.74) is 0. The van der Waals surface area contributed by atoms with Crippen molar-refractivity contribution in [2.45, 2.75) is 42.5 Å². The molecule has 6 nitrogen and oxygen atoms in total. The molecule has 3 rings (SSSR count). The minimum atomic E-state index is -3.48. The first-order chi connectivity index (χ1) is 13.0. The summed E-state index contributed by atoms with van der Waals surface area (Å²) >= 11 is 1.20. The molecular formula is C19H24N2O4S2. The van der Waals surface area contributed by atoms with Crippen LogP contribution in [0.2, 0.25) is 0 Å².